The lowest BCUT2D eigenvalue weighted by Gasteiger charge is -2.10. The molecule has 0 aliphatic heterocycles. The van der Waals surface area contributed by atoms with E-state index in [-0.39, 0.29) is 6.04 Å². The molecule has 14 heavy (non-hydrogen) atoms. The van der Waals surface area contributed by atoms with Crippen molar-refractivity contribution in [3.8, 4) is 0 Å². The summed E-state index contributed by atoms with van der Waals surface area (Å²) in [7, 11) is 0. The third-order valence-corrected chi connectivity index (χ3v) is 2.90. The van der Waals surface area contributed by atoms with Gasteiger partial charge in [0.15, 0.2) is 0 Å². The van der Waals surface area contributed by atoms with E-state index in [1.165, 1.54) is 12.8 Å². The molecule has 0 saturated heterocycles. The molecule has 4 nitrogen and oxygen atoms in total. The van der Waals surface area contributed by atoms with E-state index in [9.17, 15) is 0 Å². The molecule has 76 valence electrons. The van der Waals surface area contributed by atoms with Gasteiger partial charge in [0.2, 0.25) is 5.95 Å². The van der Waals surface area contributed by atoms with Crippen LogP contribution in [-0.4, -0.2) is 22.6 Å². The minimum atomic E-state index is 0.248. The Kier molecular flexibility index (Phi) is 3.17. The Balaban J connectivity index is 1.82. The van der Waals surface area contributed by atoms with Crippen LogP contribution in [0.5, 0.6) is 0 Å². The second-order valence-corrected chi connectivity index (χ2v) is 4.85. The number of hydrogen-bond acceptors (Lipinski definition) is 4. The van der Waals surface area contributed by atoms with Crippen molar-refractivity contribution in [3.05, 3.63) is 16.0 Å². The van der Waals surface area contributed by atoms with E-state index in [1.807, 2.05) is 0 Å². The van der Waals surface area contributed by atoms with E-state index in [4.69, 9.17) is 5.73 Å². The molecule has 0 aromatic carbocycles. The molecule has 1 aliphatic carbocycles. The zero-order valence-corrected chi connectivity index (χ0v) is 9.94. The fraction of sp³-hybridized carbons (Fsp3) is 0.556. The normalized spacial score (nSPS) is 17.9. The Morgan fingerprint density at radius 3 is 2.71 bits per heavy atom. The van der Waals surface area contributed by atoms with Gasteiger partial charge in [0, 0.05) is 28.6 Å². The predicted octanol–water partition coefficient (Wildman–Crippen LogP) is 1.23. The maximum atomic E-state index is 5.94. The molecular formula is C9H13IN4. The molecule has 0 spiro atoms. The number of nitrogens with two attached hydrogens (primary N) is 1. The first-order valence-corrected chi connectivity index (χ1v) is 5.80. The van der Waals surface area contributed by atoms with Crippen LogP contribution in [-0.2, 0) is 0 Å². The molecule has 0 radical (unpaired) electrons. The molecule has 5 heteroatoms. The van der Waals surface area contributed by atoms with Crippen LogP contribution in [0.2, 0.25) is 0 Å². The molecule has 1 atom stereocenters. The number of hydrogen-bond donors (Lipinski definition) is 2. The number of rotatable bonds is 4. The van der Waals surface area contributed by atoms with Gasteiger partial charge in [-0.15, -0.1) is 0 Å². The van der Waals surface area contributed by atoms with Crippen LogP contribution in [0.15, 0.2) is 12.4 Å². The van der Waals surface area contributed by atoms with Crippen molar-refractivity contribution in [3.63, 3.8) is 0 Å². The summed E-state index contributed by atoms with van der Waals surface area (Å²) in [5.74, 6) is 1.38. The number of aromatic nitrogens is 2. The molecule has 0 bridgehead atoms. The van der Waals surface area contributed by atoms with Gasteiger partial charge >= 0.3 is 0 Å². The highest BCUT2D eigenvalue weighted by atomic mass is 127. The van der Waals surface area contributed by atoms with Crippen LogP contribution in [0.4, 0.5) is 5.95 Å². The molecule has 1 aromatic rings. The number of anilines is 1. The first-order chi connectivity index (χ1) is 6.75. The second kappa shape index (κ2) is 4.39. The highest BCUT2D eigenvalue weighted by molar-refractivity contribution is 14.1. The molecule has 1 fully saturated rings. The second-order valence-electron chi connectivity index (χ2n) is 3.61. The van der Waals surface area contributed by atoms with Gasteiger partial charge < -0.3 is 11.1 Å². The first-order valence-electron chi connectivity index (χ1n) is 4.72. The number of halogens is 1. The zero-order valence-electron chi connectivity index (χ0n) is 7.78. The molecular weight excluding hydrogens is 291 g/mol. The minimum absolute atomic E-state index is 0.248. The summed E-state index contributed by atoms with van der Waals surface area (Å²) in [4.78, 5) is 8.29. The first kappa shape index (κ1) is 10.1. The van der Waals surface area contributed by atoms with Crippen LogP contribution in [0.25, 0.3) is 0 Å². The number of nitrogens with one attached hydrogen (secondary N) is 1. The van der Waals surface area contributed by atoms with E-state index in [1.54, 1.807) is 12.4 Å². The lowest BCUT2D eigenvalue weighted by atomic mass is 10.2. The largest absolute Gasteiger partial charge is 0.353 e. The highest BCUT2D eigenvalue weighted by Crippen LogP contribution is 2.31. The number of nitrogens with zero attached hydrogens (tertiary/aromatic N) is 2. The van der Waals surface area contributed by atoms with E-state index in [2.05, 4.69) is 37.9 Å². The summed E-state index contributed by atoms with van der Waals surface area (Å²) in [6.45, 7) is 0.769. The van der Waals surface area contributed by atoms with Crippen molar-refractivity contribution < 1.29 is 0 Å². The fourth-order valence-corrected chi connectivity index (χ4v) is 1.58. The zero-order chi connectivity index (χ0) is 9.97. The van der Waals surface area contributed by atoms with Gasteiger partial charge in [0.05, 0.1) is 0 Å². The van der Waals surface area contributed by atoms with E-state index in [0.717, 1.165) is 10.1 Å². The predicted molar refractivity (Wildman–Crippen MR) is 63.9 cm³/mol. The van der Waals surface area contributed by atoms with Crippen LogP contribution >= 0.6 is 22.6 Å². The Bertz CT molecular complexity index is 296. The summed E-state index contributed by atoms with van der Waals surface area (Å²) >= 11 is 2.18. The summed E-state index contributed by atoms with van der Waals surface area (Å²) < 4.78 is 1.04. The lowest BCUT2D eigenvalue weighted by molar-refractivity contribution is 0.618. The Morgan fingerprint density at radius 2 is 2.14 bits per heavy atom. The third kappa shape index (κ3) is 2.78. The van der Waals surface area contributed by atoms with Gasteiger partial charge in [0.1, 0.15) is 0 Å². The van der Waals surface area contributed by atoms with E-state index >= 15 is 0 Å². The van der Waals surface area contributed by atoms with Crippen molar-refractivity contribution in [2.45, 2.75) is 18.9 Å². The van der Waals surface area contributed by atoms with Gasteiger partial charge in [-0.3, -0.25) is 0 Å². The molecule has 1 heterocycles. The maximum Gasteiger partial charge on any atom is 0.222 e. The summed E-state index contributed by atoms with van der Waals surface area (Å²) in [5, 5.41) is 3.14. The highest BCUT2D eigenvalue weighted by Gasteiger charge is 2.28. The van der Waals surface area contributed by atoms with E-state index in [0.29, 0.717) is 11.9 Å². The van der Waals surface area contributed by atoms with Gasteiger partial charge in [-0.25, -0.2) is 9.97 Å². The lowest BCUT2D eigenvalue weighted by Crippen LogP contribution is -2.31. The average molecular weight is 304 g/mol. The standard InChI is InChI=1S/C9H13IN4/c10-7-3-12-9(13-4-7)14-5-8(11)6-1-2-6/h3-4,6,8H,1-2,5,11H2,(H,12,13,14). The van der Waals surface area contributed by atoms with E-state index < -0.39 is 0 Å². The molecule has 1 aromatic heterocycles. The summed E-state index contributed by atoms with van der Waals surface area (Å²) in [5.41, 5.74) is 5.94. The Hall–Kier alpha value is -0.430. The smallest absolute Gasteiger partial charge is 0.222 e. The van der Waals surface area contributed by atoms with Crippen LogP contribution < -0.4 is 11.1 Å². The fourth-order valence-electron chi connectivity index (χ4n) is 1.30. The van der Waals surface area contributed by atoms with Crippen molar-refractivity contribution in [2.24, 2.45) is 11.7 Å². The van der Waals surface area contributed by atoms with Gasteiger partial charge in [-0.05, 0) is 41.4 Å². The SMILES string of the molecule is NC(CNc1ncc(I)cn1)C1CC1. The van der Waals surface area contributed by atoms with Crippen LogP contribution in [0.1, 0.15) is 12.8 Å². The third-order valence-electron chi connectivity index (χ3n) is 2.34. The Morgan fingerprint density at radius 1 is 1.50 bits per heavy atom. The maximum absolute atomic E-state index is 5.94. The van der Waals surface area contributed by atoms with Gasteiger partial charge in [-0.2, -0.15) is 0 Å². The van der Waals surface area contributed by atoms with Crippen LogP contribution in [0, 0.1) is 9.49 Å². The summed E-state index contributed by atoms with van der Waals surface area (Å²) in [6.07, 6.45) is 6.13. The molecule has 0 amide bonds. The minimum Gasteiger partial charge on any atom is -0.353 e. The van der Waals surface area contributed by atoms with Crippen molar-refractivity contribution in [1.29, 1.82) is 0 Å². The van der Waals surface area contributed by atoms with Gasteiger partial charge in [-0.1, -0.05) is 0 Å². The Labute approximate surface area is 96.8 Å². The molecule has 1 saturated carbocycles. The molecule has 1 unspecified atom stereocenters. The van der Waals surface area contributed by atoms with Crippen molar-refractivity contribution in [2.75, 3.05) is 11.9 Å². The quantitative estimate of drug-likeness (QED) is 0.821. The van der Waals surface area contributed by atoms with Gasteiger partial charge in [0.25, 0.3) is 0 Å². The molecule has 2 rings (SSSR count). The topological polar surface area (TPSA) is 63.8 Å². The van der Waals surface area contributed by atoms with Crippen molar-refractivity contribution in [1.82, 2.24) is 9.97 Å². The summed E-state index contributed by atoms with van der Waals surface area (Å²) in [6, 6.07) is 0.248. The molecule has 1 aliphatic rings. The van der Waals surface area contributed by atoms with Crippen molar-refractivity contribution >= 4 is 28.5 Å². The van der Waals surface area contributed by atoms with Crippen LogP contribution in [0.3, 0.4) is 0 Å². The monoisotopic (exact) mass is 304 g/mol. The molecule has 3 N–H and O–H groups in total. The average Bonchev–Trinajstić information content (AvgIpc) is 3.00.